The summed E-state index contributed by atoms with van der Waals surface area (Å²) in [4.78, 5) is 28.9. The number of likely N-dealkylation sites (tertiary alicyclic amines) is 1. The Balaban J connectivity index is 1.97. The molecule has 9 nitrogen and oxygen atoms in total. The number of carbonyl (C=O) groups is 2. The standard InChI is InChI=1S/C15H22N4O5S/c1-18(25(2,22)23)10-14(20)19-7-3-4-12(9-19)24-11-5-6-17-13(8-11)15(16)21/h5-6,8,12H,3-4,7,9-10H2,1-2H3,(H2,16,21). The summed E-state index contributed by atoms with van der Waals surface area (Å²) in [6, 6.07) is 3.07. The third-order valence-corrected chi connectivity index (χ3v) is 5.20. The molecule has 1 aliphatic rings. The highest BCUT2D eigenvalue weighted by atomic mass is 32.2. The molecule has 1 atom stereocenters. The van der Waals surface area contributed by atoms with Gasteiger partial charge in [0.15, 0.2) is 0 Å². The maximum absolute atomic E-state index is 12.3. The van der Waals surface area contributed by atoms with Gasteiger partial charge in [0, 0.05) is 25.9 Å². The summed E-state index contributed by atoms with van der Waals surface area (Å²) in [6.45, 7) is 0.705. The first-order valence-corrected chi connectivity index (χ1v) is 9.63. The molecule has 1 aromatic rings. The normalized spacial score (nSPS) is 18.2. The van der Waals surface area contributed by atoms with Gasteiger partial charge in [-0.1, -0.05) is 0 Å². The van der Waals surface area contributed by atoms with Gasteiger partial charge in [0.25, 0.3) is 5.91 Å². The molecule has 1 aromatic heterocycles. The molecule has 2 N–H and O–H groups in total. The Kier molecular flexibility index (Phi) is 5.96. The van der Waals surface area contributed by atoms with Crippen LogP contribution in [0.3, 0.4) is 0 Å². The number of rotatable bonds is 6. The SMILES string of the molecule is CN(CC(=O)N1CCCC(Oc2ccnc(C(N)=O)c2)C1)S(C)(=O)=O. The molecule has 10 heteroatoms. The molecular formula is C15H22N4O5S. The number of hydrogen-bond acceptors (Lipinski definition) is 6. The number of aromatic nitrogens is 1. The summed E-state index contributed by atoms with van der Waals surface area (Å²) < 4.78 is 29.7. The van der Waals surface area contributed by atoms with Gasteiger partial charge in [-0.2, -0.15) is 4.31 Å². The van der Waals surface area contributed by atoms with Crippen molar-refractivity contribution in [3.05, 3.63) is 24.0 Å². The molecule has 0 spiro atoms. The Hall–Kier alpha value is -2.20. The molecule has 0 aliphatic carbocycles. The summed E-state index contributed by atoms with van der Waals surface area (Å²) in [5.41, 5.74) is 5.30. The van der Waals surface area contributed by atoms with Crippen molar-refractivity contribution in [2.45, 2.75) is 18.9 Å². The fourth-order valence-electron chi connectivity index (χ4n) is 2.48. The molecule has 1 aliphatic heterocycles. The second kappa shape index (κ2) is 7.79. The van der Waals surface area contributed by atoms with Crippen molar-refractivity contribution >= 4 is 21.8 Å². The number of carbonyl (C=O) groups excluding carboxylic acids is 2. The van der Waals surface area contributed by atoms with Gasteiger partial charge in [0.1, 0.15) is 17.5 Å². The first kappa shape index (κ1) is 19.1. The number of likely N-dealkylation sites (N-methyl/N-ethyl adjacent to an activating group) is 1. The summed E-state index contributed by atoms with van der Waals surface area (Å²) in [5, 5.41) is 0. The van der Waals surface area contributed by atoms with Gasteiger partial charge in [-0.05, 0) is 18.9 Å². The Morgan fingerprint density at radius 3 is 2.84 bits per heavy atom. The van der Waals surface area contributed by atoms with Crippen LogP contribution in [0.5, 0.6) is 5.75 Å². The van der Waals surface area contributed by atoms with E-state index in [1.54, 1.807) is 11.0 Å². The first-order chi connectivity index (χ1) is 11.7. The average molecular weight is 370 g/mol. The average Bonchev–Trinajstić information content (AvgIpc) is 2.54. The summed E-state index contributed by atoms with van der Waals surface area (Å²) in [6.07, 6.45) is 3.74. The Bertz CT molecular complexity index is 752. The van der Waals surface area contributed by atoms with Crippen molar-refractivity contribution in [1.82, 2.24) is 14.2 Å². The number of nitrogens with two attached hydrogens (primary N) is 1. The van der Waals surface area contributed by atoms with Crippen LogP contribution in [0, 0.1) is 0 Å². The van der Waals surface area contributed by atoms with Crippen molar-refractivity contribution in [3.63, 3.8) is 0 Å². The Morgan fingerprint density at radius 1 is 1.48 bits per heavy atom. The summed E-state index contributed by atoms with van der Waals surface area (Å²) >= 11 is 0. The minimum atomic E-state index is -3.41. The highest BCUT2D eigenvalue weighted by Gasteiger charge is 2.27. The predicted molar refractivity (Wildman–Crippen MR) is 90.5 cm³/mol. The topological polar surface area (TPSA) is 123 Å². The monoisotopic (exact) mass is 370 g/mol. The van der Waals surface area contributed by atoms with Crippen molar-refractivity contribution in [1.29, 1.82) is 0 Å². The van der Waals surface area contributed by atoms with Gasteiger partial charge >= 0.3 is 0 Å². The maximum Gasteiger partial charge on any atom is 0.267 e. The lowest BCUT2D eigenvalue weighted by atomic mass is 10.1. The maximum atomic E-state index is 12.3. The quantitative estimate of drug-likeness (QED) is 0.716. The van der Waals surface area contributed by atoms with E-state index >= 15 is 0 Å². The van der Waals surface area contributed by atoms with Crippen LogP contribution in [-0.2, 0) is 14.8 Å². The van der Waals surface area contributed by atoms with Gasteiger partial charge in [0.05, 0.1) is 19.3 Å². The van der Waals surface area contributed by atoms with Crippen molar-refractivity contribution in [2.24, 2.45) is 5.73 Å². The van der Waals surface area contributed by atoms with Crippen LogP contribution < -0.4 is 10.5 Å². The van der Waals surface area contributed by atoms with Gasteiger partial charge in [-0.3, -0.25) is 14.6 Å². The van der Waals surface area contributed by atoms with Gasteiger partial charge < -0.3 is 15.4 Å². The molecular weight excluding hydrogens is 348 g/mol. The number of sulfonamides is 1. The smallest absolute Gasteiger partial charge is 0.267 e. The van der Waals surface area contributed by atoms with E-state index in [1.165, 1.54) is 19.3 Å². The molecule has 0 aromatic carbocycles. The minimum absolute atomic E-state index is 0.107. The Labute approximate surface area is 146 Å². The molecule has 138 valence electrons. The van der Waals surface area contributed by atoms with E-state index < -0.39 is 15.9 Å². The molecule has 2 heterocycles. The third-order valence-electron chi connectivity index (χ3n) is 3.94. The van der Waals surface area contributed by atoms with Crippen LogP contribution >= 0.6 is 0 Å². The van der Waals surface area contributed by atoms with E-state index in [0.29, 0.717) is 18.8 Å². The summed E-state index contributed by atoms with van der Waals surface area (Å²) in [7, 11) is -2.04. The zero-order chi connectivity index (χ0) is 18.6. The largest absolute Gasteiger partial charge is 0.488 e. The van der Waals surface area contributed by atoms with Crippen molar-refractivity contribution < 1.29 is 22.7 Å². The van der Waals surface area contributed by atoms with E-state index in [1.807, 2.05) is 0 Å². The zero-order valence-corrected chi connectivity index (χ0v) is 15.0. The third kappa shape index (κ3) is 5.40. The molecule has 0 radical (unpaired) electrons. The molecule has 2 amide bonds. The van der Waals surface area contributed by atoms with Gasteiger partial charge in [0.2, 0.25) is 15.9 Å². The van der Waals surface area contributed by atoms with Crippen LogP contribution in [0.25, 0.3) is 0 Å². The molecule has 0 saturated carbocycles. The number of amides is 2. The fraction of sp³-hybridized carbons (Fsp3) is 0.533. The Morgan fingerprint density at radius 2 is 2.20 bits per heavy atom. The molecule has 0 bridgehead atoms. The number of primary amides is 1. The second-order valence-electron chi connectivity index (χ2n) is 5.98. The first-order valence-electron chi connectivity index (χ1n) is 7.78. The predicted octanol–water partition coefficient (Wildman–Crippen LogP) is -0.558. The number of pyridine rings is 1. The zero-order valence-electron chi connectivity index (χ0n) is 14.2. The number of piperidine rings is 1. The van der Waals surface area contributed by atoms with E-state index in [-0.39, 0.29) is 24.2 Å². The van der Waals surface area contributed by atoms with Crippen LogP contribution in [-0.4, -0.2) is 73.5 Å². The van der Waals surface area contributed by atoms with Crippen molar-refractivity contribution in [2.75, 3.05) is 32.9 Å². The lowest BCUT2D eigenvalue weighted by molar-refractivity contribution is -0.133. The number of nitrogens with zero attached hydrogens (tertiary/aromatic N) is 3. The van der Waals surface area contributed by atoms with Crippen LogP contribution in [0.15, 0.2) is 18.3 Å². The van der Waals surface area contributed by atoms with Gasteiger partial charge in [-0.25, -0.2) is 8.42 Å². The molecule has 1 saturated heterocycles. The van der Waals surface area contributed by atoms with E-state index in [0.717, 1.165) is 23.4 Å². The van der Waals surface area contributed by atoms with E-state index in [4.69, 9.17) is 10.5 Å². The minimum Gasteiger partial charge on any atom is -0.488 e. The molecule has 1 unspecified atom stereocenters. The molecule has 1 fully saturated rings. The second-order valence-corrected chi connectivity index (χ2v) is 8.07. The van der Waals surface area contributed by atoms with Crippen LogP contribution in [0.4, 0.5) is 0 Å². The van der Waals surface area contributed by atoms with Crippen LogP contribution in [0.2, 0.25) is 0 Å². The molecule has 2 rings (SSSR count). The number of hydrogen-bond donors (Lipinski definition) is 1. The number of ether oxygens (including phenoxy) is 1. The summed E-state index contributed by atoms with van der Waals surface area (Å²) in [5.74, 6) is -0.458. The highest BCUT2D eigenvalue weighted by Crippen LogP contribution is 2.19. The van der Waals surface area contributed by atoms with E-state index in [9.17, 15) is 18.0 Å². The van der Waals surface area contributed by atoms with Gasteiger partial charge in [-0.15, -0.1) is 0 Å². The highest BCUT2D eigenvalue weighted by molar-refractivity contribution is 7.88. The van der Waals surface area contributed by atoms with Crippen LogP contribution in [0.1, 0.15) is 23.3 Å². The van der Waals surface area contributed by atoms with E-state index in [2.05, 4.69) is 4.98 Å². The van der Waals surface area contributed by atoms with Crippen molar-refractivity contribution in [3.8, 4) is 5.75 Å². The molecule has 25 heavy (non-hydrogen) atoms. The lowest BCUT2D eigenvalue weighted by Gasteiger charge is -2.33. The lowest BCUT2D eigenvalue weighted by Crippen LogP contribution is -2.48. The fourth-order valence-corrected chi connectivity index (χ4v) is 2.83.